The Hall–Kier alpha value is 3.58. The molecule has 0 N–H and O–H groups in total. The molecule has 0 aliphatic carbocycles. The summed E-state index contributed by atoms with van der Waals surface area (Å²) >= 11 is 0. The molecule has 0 saturated carbocycles. The van der Waals surface area contributed by atoms with Gasteiger partial charge in [0.1, 0.15) is 0 Å². The summed E-state index contributed by atoms with van der Waals surface area (Å²) < 4.78 is 0. The predicted molar refractivity (Wildman–Crippen MR) is 35.9 cm³/mol. The first kappa shape index (κ1) is 38.5. The normalized spacial score (nSPS) is 0. The SMILES string of the molecule is Cl.Cl.[NaH].[NaH].[NaH]. The van der Waals surface area contributed by atoms with Crippen LogP contribution in [0.2, 0.25) is 0 Å². The minimum absolute atomic E-state index is 0. The van der Waals surface area contributed by atoms with E-state index >= 15 is 0 Å². The Morgan fingerprint density at radius 2 is 0.400 bits per heavy atom. The zero-order valence-electron chi connectivity index (χ0n) is 0.816. The number of hydrogen-bond donors (Lipinski definition) is 0. The summed E-state index contributed by atoms with van der Waals surface area (Å²) in [5.74, 6) is 0. The van der Waals surface area contributed by atoms with Crippen LogP contribution in [0.3, 0.4) is 0 Å². The molecule has 0 aromatic carbocycles. The van der Waals surface area contributed by atoms with Crippen LogP contribution in [0.4, 0.5) is 0 Å². The van der Waals surface area contributed by atoms with Gasteiger partial charge in [-0.15, -0.1) is 24.8 Å². The van der Waals surface area contributed by atoms with Crippen LogP contribution < -0.4 is 0 Å². The van der Waals surface area contributed by atoms with Crippen molar-refractivity contribution in [1.82, 2.24) is 0 Å². The minimum atomic E-state index is 0. The van der Waals surface area contributed by atoms with Crippen molar-refractivity contribution in [3.8, 4) is 0 Å². The van der Waals surface area contributed by atoms with Gasteiger partial charge in [0.15, 0.2) is 0 Å². The van der Waals surface area contributed by atoms with Crippen LogP contribution in [0.25, 0.3) is 0 Å². The second-order valence-electron chi connectivity index (χ2n) is 0. The second kappa shape index (κ2) is 25.6. The molecular formula is H5Cl2Na3. The molecule has 0 atom stereocenters. The third kappa shape index (κ3) is 18.4. The van der Waals surface area contributed by atoms with Gasteiger partial charge in [0.25, 0.3) is 0 Å². The van der Waals surface area contributed by atoms with Gasteiger partial charge in [0, 0.05) is 0 Å². The summed E-state index contributed by atoms with van der Waals surface area (Å²) in [5, 5.41) is 0. The van der Waals surface area contributed by atoms with Gasteiger partial charge in [-0.05, 0) is 0 Å². The van der Waals surface area contributed by atoms with Crippen molar-refractivity contribution in [3.05, 3.63) is 0 Å². The molecule has 0 amide bonds. The first-order valence-corrected chi connectivity index (χ1v) is 0. The van der Waals surface area contributed by atoms with Gasteiger partial charge in [-0.2, -0.15) is 0 Å². The maximum atomic E-state index is 0. The Morgan fingerprint density at radius 1 is 0.400 bits per heavy atom. The summed E-state index contributed by atoms with van der Waals surface area (Å²) in [4.78, 5) is 0. The van der Waals surface area contributed by atoms with E-state index in [-0.39, 0.29) is 113 Å². The van der Waals surface area contributed by atoms with Crippen LogP contribution in [0.5, 0.6) is 0 Å². The second-order valence-corrected chi connectivity index (χ2v) is 0. The average molecular weight is 145 g/mol. The molecule has 0 saturated heterocycles. The van der Waals surface area contributed by atoms with E-state index < -0.39 is 0 Å². The van der Waals surface area contributed by atoms with Gasteiger partial charge in [-0.3, -0.25) is 0 Å². The van der Waals surface area contributed by atoms with Crippen LogP contribution in [0, 0.1) is 0 Å². The van der Waals surface area contributed by atoms with Crippen LogP contribution in [-0.4, -0.2) is 88.7 Å². The Balaban J connectivity index is 0. The Labute approximate surface area is 111 Å². The third-order valence-corrected chi connectivity index (χ3v) is 0. The van der Waals surface area contributed by atoms with Crippen molar-refractivity contribution in [1.29, 1.82) is 0 Å². The molecule has 0 rings (SSSR count). The Bertz CT molecular complexity index is 4.85. The molecule has 0 fully saturated rings. The fourth-order valence-corrected chi connectivity index (χ4v) is 0. The predicted octanol–water partition coefficient (Wildman–Crippen LogP) is -1.10. The van der Waals surface area contributed by atoms with Crippen molar-refractivity contribution in [3.63, 3.8) is 0 Å². The maximum absolute atomic E-state index is 0. The van der Waals surface area contributed by atoms with Gasteiger partial charge in [-0.25, -0.2) is 0 Å². The quantitative estimate of drug-likeness (QED) is 0.379. The molecule has 0 bridgehead atoms. The Morgan fingerprint density at radius 3 is 0.400 bits per heavy atom. The topological polar surface area (TPSA) is 0 Å². The molecule has 0 unspecified atom stereocenters. The summed E-state index contributed by atoms with van der Waals surface area (Å²) in [7, 11) is 0. The van der Waals surface area contributed by atoms with Crippen molar-refractivity contribution < 1.29 is 0 Å². The van der Waals surface area contributed by atoms with Crippen molar-refractivity contribution >= 4 is 113 Å². The number of rotatable bonds is 0. The molecular weight excluding hydrogens is 140 g/mol. The molecule has 0 aromatic heterocycles. The van der Waals surface area contributed by atoms with E-state index in [2.05, 4.69) is 0 Å². The molecule has 0 aliphatic heterocycles. The summed E-state index contributed by atoms with van der Waals surface area (Å²) in [5.41, 5.74) is 0. The van der Waals surface area contributed by atoms with Gasteiger partial charge >= 0.3 is 88.7 Å². The van der Waals surface area contributed by atoms with Crippen LogP contribution >= 0.6 is 24.8 Å². The van der Waals surface area contributed by atoms with E-state index in [0.717, 1.165) is 0 Å². The molecule has 0 aromatic rings. The summed E-state index contributed by atoms with van der Waals surface area (Å²) in [6.45, 7) is 0. The molecule has 0 radical (unpaired) electrons. The van der Waals surface area contributed by atoms with Crippen molar-refractivity contribution in [2.24, 2.45) is 0 Å². The third-order valence-electron chi connectivity index (χ3n) is 0. The van der Waals surface area contributed by atoms with Crippen LogP contribution in [0.15, 0.2) is 0 Å². The molecule has 5 heavy (non-hydrogen) atoms. The zero-order valence-corrected chi connectivity index (χ0v) is 2.45. The standard InChI is InChI=1S/2ClH.3Na.3H/h2*1H;;;;;;. The number of hydrogen-bond acceptors (Lipinski definition) is 0. The summed E-state index contributed by atoms with van der Waals surface area (Å²) in [6.07, 6.45) is 0. The molecule has 22 valence electrons. The fourth-order valence-electron chi connectivity index (χ4n) is 0. The monoisotopic (exact) mass is 144 g/mol. The fraction of sp³-hybridized carbons (Fsp3) is 0. The van der Waals surface area contributed by atoms with Gasteiger partial charge in [0.2, 0.25) is 0 Å². The van der Waals surface area contributed by atoms with Gasteiger partial charge < -0.3 is 0 Å². The first-order chi connectivity index (χ1) is 0. The van der Waals surface area contributed by atoms with Crippen molar-refractivity contribution in [2.45, 2.75) is 0 Å². The molecule has 5 heteroatoms. The molecule has 0 heterocycles. The average Bonchev–Trinajstić information content (AvgIpc) is 0. The molecule has 0 aliphatic rings. The zero-order chi connectivity index (χ0) is 0. The van der Waals surface area contributed by atoms with Crippen molar-refractivity contribution in [2.75, 3.05) is 0 Å². The van der Waals surface area contributed by atoms with E-state index in [1.165, 1.54) is 0 Å². The van der Waals surface area contributed by atoms with E-state index in [0.29, 0.717) is 0 Å². The van der Waals surface area contributed by atoms with E-state index in [9.17, 15) is 0 Å². The van der Waals surface area contributed by atoms with Crippen LogP contribution in [0.1, 0.15) is 0 Å². The van der Waals surface area contributed by atoms with E-state index in [1.54, 1.807) is 0 Å². The van der Waals surface area contributed by atoms with Gasteiger partial charge in [0.05, 0.1) is 0 Å². The van der Waals surface area contributed by atoms with E-state index in [1.807, 2.05) is 0 Å². The van der Waals surface area contributed by atoms with Crippen LogP contribution in [-0.2, 0) is 0 Å². The first-order valence-electron chi connectivity index (χ1n) is 0. The van der Waals surface area contributed by atoms with E-state index in [4.69, 9.17) is 0 Å². The molecule has 0 nitrogen and oxygen atoms in total. The summed E-state index contributed by atoms with van der Waals surface area (Å²) in [6, 6.07) is 0. The van der Waals surface area contributed by atoms with Gasteiger partial charge in [-0.1, -0.05) is 0 Å². The number of halogens is 2. The molecule has 0 spiro atoms. The Kier molecular flexibility index (Phi) is 197.